The van der Waals surface area contributed by atoms with Crippen molar-refractivity contribution in [2.24, 2.45) is 5.73 Å². The van der Waals surface area contributed by atoms with E-state index < -0.39 is 0 Å². The number of likely N-dealkylation sites (tertiary alicyclic amines) is 1. The molecule has 1 aliphatic rings. The number of piperidine rings is 1. The van der Waals surface area contributed by atoms with E-state index in [0.717, 1.165) is 30.7 Å². The summed E-state index contributed by atoms with van der Waals surface area (Å²) in [7, 11) is 1.66. The van der Waals surface area contributed by atoms with Gasteiger partial charge in [-0.3, -0.25) is 4.79 Å². The van der Waals surface area contributed by atoms with E-state index in [2.05, 4.69) is 6.92 Å². The number of carbonyl (C=O) groups is 1. The minimum atomic E-state index is 0. The lowest BCUT2D eigenvalue weighted by atomic mass is 9.95. The number of hydrogen-bond acceptors (Lipinski definition) is 3. The van der Waals surface area contributed by atoms with Crippen molar-refractivity contribution in [1.82, 2.24) is 4.90 Å². The third-order valence-electron chi connectivity index (χ3n) is 3.96. The van der Waals surface area contributed by atoms with Crippen molar-refractivity contribution in [2.75, 3.05) is 20.2 Å². The van der Waals surface area contributed by atoms with Crippen LogP contribution >= 0.6 is 12.4 Å². The van der Waals surface area contributed by atoms with Crippen LogP contribution in [0.1, 0.15) is 37.7 Å². The Hall–Kier alpha value is -1.26. The average Bonchev–Trinajstić information content (AvgIpc) is 2.47. The number of benzene rings is 1. The molecule has 1 aromatic carbocycles. The zero-order chi connectivity index (χ0) is 14.5. The van der Waals surface area contributed by atoms with E-state index in [-0.39, 0.29) is 30.3 Å². The number of methoxy groups -OCH3 is 1. The first-order chi connectivity index (χ1) is 9.61. The topological polar surface area (TPSA) is 55.6 Å². The second kappa shape index (κ2) is 8.25. The summed E-state index contributed by atoms with van der Waals surface area (Å²) in [6, 6.07) is 8.02. The summed E-state index contributed by atoms with van der Waals surface area (Å²) >= 11 is 0. The van der Waals surface area contributed by atoms with E-state index in [9.17, 15) is 4.79 Å². The van der Waals surface area contributed by atoms with Crippen molar-refractivity contribution >= 4 is 18.3 Å². The number of rotatable bonds is 4. The van der Waals surface area contributed by atoms with Gasteiger partial charge in [-0.15, -0.1) is 12.4 Å². The fraction of sp³-hybridized carbons (Fsp3) is 0.562. The summed E-state index contributed by atoms with van der Waals surface area (Å²) < 4.78 is 5.37. The number of para-hydroxylation sites is 1. The molecule has 2 rings (SSSR count). The Morgan fingerprint density at radius 2 is 2.19 bits per heavy atom. The fourth-order valence-electron chi connectivity index (χ4n) is 2.81. The van der Waals surface area contributed by atoms with Crippen molar-refractivity contribution < 1.29 is 9.53 Å². The second-order valence-corrected chi connectivity index (χ2v) is 5.59. The van der Waals surface area contributed by atoms with Crippen LogP contribution in [-0.4, -0.2) is 37.0 Å². The molecule has 0 saturated carbocycles. The predicted molar refractivity (Wildman–Crippen MR) is 87.1 cm³/mol. The molecule has 118 valence electrons. The lowest BCUT2D eigenvalue weighted by molar-refractivity contribution is -0.132. The summed E-state index contributed by atoms with van der Waals surface area (Å²) in [6.45, 7) is 3.60. The molecule has 0 aromatic heterocycles. The molecule has 1 amide bonds. The van der Waals surface area contributed by atoms with Gasteiger partial charge in [-0.1, -0.05) is 25.1 Å². The van der Waals surface area contributed by atoms with Crippen molar-refractivity contribution in [3.8, 4) is 5.75 Å². The molecule has 4 nitrogen and oxygen atoms in total. The second-order valence-electron chi connectivity index (χ2n) is 5.59. The zero-order valence-electron chi connectivity index (χ0n) is 12.7. The van der Waals surface area contributed by atoms with E-state index in [1.807, 2.05) is 29.2 Å². The van der Waals surface area contributed by atoms with Crippen molar-refractivity contribution in [1.29, 1.82) is 0 Å². The van der Waals surface area contributed by atoms with Crippen LogP contribution < -0.4 is 10.5 Å². The Morgan fingerprint density at radius 3 is 2.86 bits per heavy atom. The number of carbonyl (C=O) groups excluding carboxylic acids is 1. The van der Waals surface area contributed by atoms with Crippen LogP contribution in [0.5, 0.6) is 5.75 Å². The smallest absolute Gasteiger partial charge is 0.223 e. The van der Waals surface area contributed by atoms with Crippen LogP contribution in [0.4, 0.5) is 0 Å². The van der Waals surface area contributed by atoms with Gasteiger partial charge in [-0.05, 0) is 30.4 Å². The third-order valence-corrected chi connectivity index (χ3v) is 3.96. The molecular weight excluding hydrogens is 288 g/mol. The standard InChI is InChI=1S/C16H24N2O2.ClH/c1-12(14-7-3-4-8-15(14)20-2)10-16(19)18-9-5-6-13(17)11-18;/h3-4,7-8,12-13H,5-6,9-11,17H2,1-2H3;1H. The lowest BCUT2D eigenvalue weighted by Crippen LogP contribution is -2.45. The Morgan fingerprint density at radius 1 is 1.48 bits per heavy atom. The fourth-order valence-corrected chi connectivity index (χ4v) is 2.81. The molecule has 2 N–H and O–H groups in total. The molecule has 1 aliphatic heterocycles. The number of halogens is 1. The number of hydrogen-bond donors (Lipinski definition) is 1. The van der Waals surface area contributed by atoms with E-state index in [4.69, 9.17) is 10.5 Å². The van der Waals surface area contributed by atoms with Gasteiger partial charge >= 0.3 is 0 Å². The first-order valence-electron chi connectivity index (χ1n) is 7.28. The normalized spacial score (nSPS) is 19.6. The average molecular weight is 313 g/mol. The van der Waals surface area contributed by atoms with Crippen LogP contribution in [0.15, 0.2) is 24.3 Å². The number of nitrogens with zero attached hydrogens (tertiary/aromatic N) is 1. The molecule has 0 aliphatic carbocycles. The van der Waals surface area contributed by atoms with Crippen molar-refractivity contribution in [3.05, 3.63) is 29.8 Å². The van der Waals surface area contributed by atoms with Crippen LogP contribution in [0, 0.1) is 0 Å². The number of ether oxygens (including phenoxy) is 1. The van der Waals surface area contributed by atoms with Gasteiger partial charge in [0.15, 0.2) is 0 Å². The molecular formula is C16H25ClN2O2. The minimum Gasteiger partial charge on any atom is -0.496 e. The zero-order valence-corrected chi connectivity index (χ0v) is 13.6. The van der Waals surface area contributed by atoms with Gasteiger partial charge in [0.05, 0.1) is 7.11 Å². The molecule has 0 bridgehead atoms. The largest absolute Gasteiger partial charge is 0.496 e. The maximum Gasteiger partial charge on any atom is 0.223 e. The highest BCUT2D eigenvalue weighted by molar-refractivity contribution is 5.85. The van der Waals surface area contributed by atoms with Crippen LogP contribution in [0.25, 0.3) is 0 Å². The first kappa shape index (κ1) is 17.8. The predicted octanol–water partition coefficient (Wildman–Crippen LogP) is 2.56. The summed E-state index contributed by atoms with van der Waals surface area (Å²) in [4.78, 5) is 14.3. The molecule has 1 saturated heterocycles. The monoisotopic (exact) mass is 312 g/mol. The van der Waals surface area contributed by atoms with Crippen LogP contribution in [0.2, 0.25) is 0 Å². The van der Waals surface area contributed by atoms with E-state index in [1.54, 1.807) is 7.11 Å². The third kappa shape index (κ3) is 4.61. The van der Waals surface area contributed by atoms with Gasteiger partial charge in [-0.25, -0.2) is 0 Å². The molecule has 1 heterocycles. The van der Waals surface area contributed by atoms with Crippen molar-refractivity contribution in [3.63, 3.8) is 0 Å². The number of nitrogens with two attached hydrogens (primary N) is 1. The molecule has 5 heteroatoms. The highest BCUT2D eigenvalue weighted by Gasteiger charge is 2.23. The summed E-state index contributed by atoms with van der Waals surface area (Å²) in [5.74, 6) is 1.19. The Balaban J connectivity index is 0.00000220. The SMILES string of the molecule is COc1ccccc1C(C)CC(=O)N1CCCC(N)C1.Cl. The highest BCUT2D eigenvalue weighted by atomic mass is 35.5. The lowest BCUT2D eigenvalue weighted by Gasteiger charge is -2.31. The van der Waals surface area contributed by atoms with Gasteiger partial charge in [0, 0.05) is 25.6 Å². The maximum atomic E-state index is 12.4. The van der Waals surface area contributed by atoms with Gasteiger partial charge in [0.1, 0.15) is 5.75 Å². The van der Waals surface area contributed by atoms with Crippen LogP contribution in [0.3, 0.4) is 0 Å². The molecule has 0 radical (unpaired) electrons. The quantitative estimate of drug-likeness (QED) is 0.929. The molecule has 2 atom stereocenters. The Kier molecular flexibility index (Phi) is 6.99. The van der Waals surface area contributed by atoms with Gasteiger partial charge < -0.3 is 15.4 Å². The number of amides is 1. The molecule has 1 aromatic rings. The highest BCUT2D eigenvalue weighted by Crippen LogP contribution is 2.29. The van der Waals surface area contributed by atoms with Crippen LogP contribution in [-0.2, 0) is 4.79 Å². The molecule has 0 spiro atoms. The first-order valence-corrected chi connectivity index (χ1v) is 7.28. The molecule has 1 fully saturated rings. The minimum absolute atomic E-state index is 0. The van der Waals surface area contributed by atoms with E-state index in [1.165, 1.54) is 0 Å². The van der Waals surface area contributed by atoms with Crippen molar-refractivity contribution in [2.45, 2.75) is 38.1 Å². The Bertz CT molecular complexity index is 467. The van der Waals surface area contributed by atoms with Gasteiger partial charge in [-0.2, -0.15) is 0 Å². The Labute approximate surface area is 133 Å². The van der Waals surface area contributed by atoms with Gasteiger partial charge in [0.25, 0.3) is 0 Å². The molecule has 21 heavy (non-hydrogen) atoms. The van der Waals surface area contributed by atoms with E-state index in [0.29, 0.717) is 13.0 Å². The summed E-state index contributed by atoms with van der Waals surface area (Å²) in [6.07, 6.45) is 2.54. The molecule has 2 unspecified atom stereocenters. The summed E-state index contributed by atoms with van der Waals surface area (Å²) in [5.41, 5.74) is 7.02. The van der Waals surface area contributed by atoms with Gasteiger partial charge in [0.2, 0.25) is 5.91 Å². The summed E-state index contributed by atoms with van der Waals surface area (Å²) in [5, 5.41) is 0. The van der Waals surface area contributed by atoms with E-state index >= 15 is 0 Å². The maximum absolute atomic E-state index is 12.4.